The zero-order valence-electron chi connectivity index (χ0n) is 13.5. The molecule has 3 aromatic rings. The number of hydrogen-bond donors (Lipinski definition) is 0. The molecule has 0 fully saturated rings. The predicted molar refractivity (Wildman–Crippen MR) is 85.6 cm³/mol. The molecule has 0 bridgehead atoms. The first-order chi connectivity index (χ1) is 11.1. The fourth-order valence-corrected chi connectivity index (χ4v) is 2.56. The standard InChI is InChI=1S/C17H17N3O3/c1-10-14(9-21)15(11(2)20(10)3)17-19-18-16(23-17)12-5-7-13(22-4)8-6-12/h5-9H,1-4H3. The highest BCUT2D eigenvalue weighted by molar-refractivity contribution is 5.88. The lowest BCUT2D eigenvalue weighted by atomic mass is 10.1. The molecule has 2 heterocycles. The quantitative estimate of drug-likeness (QED) is 0.692. The largest absolute Gasteiger partial charge is 0.497 e. The Balaban J connectivity index is 2.05. The number of methoxy groups -OCH3 is 1. The second-order valence-electron chi connectivity index (χ2n) is 5.28. The Morgan fingerprint density at radius 3 is 2.35 bits per heavy atom. The molecule has 23 heavy (non-hydrogen) atoms. The summed E-state index contributed by atoms with van der Waals surface area (Å²) in [6, 6.07) is 7.35. The van der Waals surface area contributed by atoms with E-state index in [2.05, 4.69) is 10.2 Å². The van der Waals surface area contributed by atoms with Crippen LogP contribution < -0.4 is 4.74 Å². The van der Waals surface area contributed by atoms with Crippen LogP contribution in [0.4, 0.5) is 0 Å². The normalized spacial score (nSPS) is 10.8. The SMILES string of the molecule is COc1ccc(-c2nnc(-c3c(C=O)c(C)n(C)c3C)o2)cc1. The van der Waals surface area contributed by atoms with Crippen molar-refractivity contribution in [1.29, 1.82) is 0 Å². The van der Waals surface area contributed by atoms with Crippen LogP contribution in [0.1, 0.15) is 21.7 Å². The Morgan fingerprint density at radius 1 is 1.09 bits per heavy atom. The number of carbonyl (C=O) groups is 1. The maximum Gasteiger partial charge on any atom is 0.250 e. The molecule has 0 unspecified atom stereocenters. The first kappa shape index (κ1) is 15.0. The van der Waals surface area contributed by atoms with Crippen molar-refractivity contribution < 1.29 is 13.9 Å². The van der Waals surface area contributed by atoms with E-state index in [9.17, 15) is 4.79 Å². The van der Waals surface area contributed by atoms with Gasteiger partial charge in [-0.3, -0.25) is 4.79 Å². The Kier molecular flexibility index (Phi) is 3.73. The summed E-state index contributed by atoms with van der Waals surface area (Å²) in [6.07, 6.45) is 0.828. The van der Waals surface area contributed by atoms with Crippen LogP contribution in [-0.2, 0) is 7.05 Å². The summed E-state index contributed by atoms with van der Waals surface area (Å²) < 4.78 is 12.9. The summed E-state index contributed by atoms with van der Waals surface area (Å²) in [6.45, 7) is 3.81. The third kappa shape index (κ3) is 2.42. The van der Waals surface area contributed by atoms with Crippen molar-refractivity contribution in [2.24, 2.45) is 7.05 Å². The maximum absolute atomic E-state index is 11.4. The van der Waals surface area contributed by atoms with Crippen molar-refractivity contribution in [2.75, 3.05) is 7.11 Å². The molecule has 0 aliphatic heterocycles. The topological polar surface area (TPSA) is 70.2 Å². The van der Waals surface area contributed by atoms with Gasteiger partial charge in [0, 0.05) is 29.6 Å². The minimum Gasteiger partial charge on any atom is -0.497 e. The third-order valence-electron chi connectivity index (χ3n) is 4.12. The monoisotopic (exact) mass is 311 g/mol. The van der Waals surface area contributed by atoms with Crippen LogP contribution in [0.5, 0.6) is 5.75 Å². The van der Waals surface area contributed by atoms with Crippen molar-refractivity contribution in [3.05, 3.63) is 41.2 Å². The molecule has 0 saturated heterocycles. The van der Waals surface area contributed by atoms with Crippen LogP contribution in [0.15, 0.2) is 28.7 Å². The van der Waals surface area contributed by atoms with E-state index in [0.29, 0.717) is 22.9 Å². The average Bonchev–Trinajstić information content (AvgIpc) is 3.14. The van der Waals surface area contributed by atoms with Crippen LogP contribution >= 0.6 is 0 Å². The second-order valence-corrected chi connectivity index (χ2v) is 5.28. The molecule has 0 radical (unpaired) electrons. The van der Waals surface area contributed by atoms with Crippen molar-refractivity contribution >= 4 is 6.29 Å². The Hall–Kier alpha value is -2.89. The number of aromatic nitrogens is 3. The van der Waals surface area contributed by atoms with Gasteiger partial charge in [0.15, 0.2) is 6.29 Å². The maximum atomic E-state index is 11.4. The molecule has 0 aliphatic rings. The molecule has 0 aliphatic carbocycles. The van der Waals surface area contributed by atoms with Crippen molar-refractivity contribution in [2.45, 2.75) is 13.8 Å². The molecule has 2 aromatic heterocycles. The van der Waals surface area contributed by atoms with Crippen LogP contribution in [-0.4, -0.2) is 28.2 Å². The van der Waals surface area contributed by atoms with Crippen LogP contribution in [0.25, 0.3) is 22.9 Å². The number of nitrogens with zero attached hydrogens (tertiary/aromatic N) is 3. The second kappa shape index (κ2) is 5.72. The summed E-state index contributed by atoms with van der Waals surface area (Å²) in [5.74, 6) is 1.51. The van der Waals surface area contributed by atoms with Crippen molar-refractivity contribution in [3.8, 4) is 28.7 Å². The summed E-state index contributed by atoms with van der Waals surface area (Å²) in [5.41, 5.74) is 3.84. The zero-order chi connectivity index (χ0) is 16.6. The van der Waals surface area contributed by atoms with Gasteiger partial charge >= 0.3 is 0 Å². The Bertz CT molecular complexity index is 860. The van der Waals surface area contributed by atoms with Crippen molar-refractivity contribution in [1.82, 2.24) is 14.8 Å². The molecular weight excluding hydrogens is 294 g/mol. The van der Waals surface area contributed by atoms with E-state index in [1.807, 2.05) is 49.7 Å². The van der Waals surface area contributed by atoms with Gasteiger partial charge in [0.05, 0.1) is 12.7 Å². The van der Waals surface area contributed by atoms with Gasteiger partial charge in [0.1, 0.15) is 5.75 Å². The molecule has 3 rings (SSSR count). The molecule has 6 nitrogen and oxygen atoms in total. The van der Waals surface area contributed by atoms with Gasteiger partial charge in [0.2, 0.25) is 5.89 Å². The molecule has 0 spiro atoms. The lowest BCUT2D eigenvalue weighted by Gasteiger charge is -2.00. The molecule has 0 amide bonds. The lowest BCUT2D eigenvalue weighted by Crippen LogP contribution is -1.93. The number of benzene rings is 1. The van der Waals surface area contributed by atoms with Crippen LogP contribution in [0, 0.1) is 13.8 Å². The summed E-state index contributed by atoms with van der Waals surface area (Å²) in [5, 5.41) is 8.20. The predicted octanol–water partition coefficient (Wildman–Crippen LogP) is 3.18. The number of carbonyl (C=O) groups excluding carboxylic acids is 1. The molecule has 0 atom stereocenters. The van der Waals surface area contributed by atoms with E-state index in [1.54, 1.807) is 7.11 Å². The lowest BCUT2D eigenvalue weighted by molar-refractivity contribution is 0.112. The van der Waals surface area contributed by atoms with Gasteiger partial charge in [-0.1, -0.05) is 0 Å². The van der Waals surface area contributed by atoms with Crippen LogP contribution in [0.3, 0.4) is 0 Å². The number of hydrogen-bond acceptors (Lipinski definition) is 5. The van der Waals surface area contributed by atoms with Gasteiger partial charge < -0.3 is 13.7 Å². The first-order valence-corrected chi connectivity index (χ1v) is 7.16. The fraction of sp³-hybridized carbons (Fsp3) is 0.235. The fourth-order valence-electron chi connectivity index (χ4n) is 2.56. The number of aldehydes is 1. The molecule has 0 saturated carbocycles. The van der Waals surface area contributed by atoms with Gasteiger partial charge in [-0.15, -0.1) is 10.2 Å². The highest BCUT2D eigenvalue weighted by Crippen LogP contribution is 2.31. The third-order valence-corrected chi connectivity index (χ3v) is 4.12. The molecule has 1 aromatic carbocycles. The zero-order valence-corrected chi connectivity index (χ0v) is 13.5. The van der Waals surface area contributed by atoms with Gasteiger partial charge in [-0.05, 0) is 38.1 Å². The van der Waals surface area contributed by atoms with E-state index < -0.39 is 0 Å². The van der Waals surface area contributed by atoms with E-state index in [0.717, 1.165) is 29.0 Å². The summed E-state index contributed by atoms with van der Waals surface area (Å²) in [4.78, 5) is 11.4. The van der Waals surface area contributed by atoms with Crippen LogP contribution in [0.2, 0.25) is 0 Å². The van der Waals surface area contributed by atoms with Gasteiger partial charge in [-0.25, -0.2) is 0 Å². The smallest absolute Gasteiger partial charge is 0.250 e. The number of ether oxygens (including phenoxy) is 1. The van der Waals surface area contributed by atoms with Gasteiger partial charge in [-0.2, -0.15) is 0 Å². The Morgan fingerprint density at radius 2 is 1.74 bits per heavy atom. The van der Waals surface area contributed by atoms with E-state index in [-0.39, 0.29) is 0 Å². The number of rotatable bonds is 4. The molecule has 6 heteroatoms. The highest BCUT2D eigenvalue weighted by atomic mass is 16.5. The molecule has 118 valence electrons. The van der Waals surface area contributed by atoms with E-state index in [4.69, 9.17) is 9.15 Å². The summed E-state index contributed by atoms with van der Waals surface area (Å²) in [7, 11) is 3.52. The van der Waals surface area contributed by atoms with Crippen molar-refractivity contribution in [3.63, 3.8) is 0 Å². The average molecular weight is 311 g/mol. The van der Waals surface area contributed by atoms with E-state index in [1.165, 1.54) is 0 Å². The first-order valence-electron chi connectivity index (χ1n) is 7.16. The molecule has 0 N–H and O–H groups in total. The minimum absolute atomic E-state index is 0.346. The Labute approximate surface area is 133 Å². The van der Waals surface area contributed by atoms with Gasteiger partial charge in [0.25, 0.3) is 5.89 Å². The molecular formula is C17H17N3O3. The minimum atomic E-state index is 0.346. The summed E-state index contributed by atoms with van der Waals surface area (Å²) >= 11 is 0. The van der Waals surface area contributed by atoms with E-state index >= 15 is 0 Å². The highest BCUT2D eigenvalue weighted by Gasteiger charge is 2.21.